The highest BCUT2D eigenvalue weighted by molar-refractivity contribution is 7.80. The predicted octanol–water partition coefficient (Wildman–Crippen LogP) is 6.24. The molecule has 1 aromatic carbocycles. The van der Waals surface area contributed by atoms with Crippen molar-refractivity contribution in [3.63, 3.8) is 0 Å². The summed E-state index contributed by atoms with van der Waals surface area (Å²) in [5.41, 5.74) is 1.43. The zero-order valence-electron chi connectivity index (χ0n) is 24.8. The van der Waals surface area contributed by atoms with Crippen molar-refractivity contribution in [1.82, 2.24) is 15.1 Å². The van der Waals surface area contributed by atoms with Crippen LogP contribution in [0.1, 0.15) is 90.5 Å². The zero-order valence-corrected chi connectivity index (χ0v) is 27.0. The lowest BCUT2D eigenvalue weighted by atomic mass is 9.82. The van der Waals surface area contributed by atoms with Crippen molar-refractivity contribution in [3.05, 3.63) is 35.9 Å². The maximum atomic E-state index is 6.10. The number of hydrogen-bond acceptors (Lipinski definition) is 3. The molecule has 1 saturated heterocycles. The van der Waals surface area contributed by atoms with Crippen LogP contribution in [0.5, 0.6) is 0 Å². The average molecular weight is 555 g/mol. The van der Waals surface area contributed by atoms with Gasteiger partial charge in [-0.05, 0) is 86.9 Å². The topological polar surface area (TPSA) is 30.9 Å². The minimum Gasteiger partial charge on any atom is -0.372 e. The van der Waals surface area contributed by atoms with E-state index in [-0.39, 0.29) is 14.7 Å². The molecule has 0 bridgehead atoms. The summed E-state index contributed by atoms with van der Waals surface area (Å²) in [6, 6.07) is 11.5. The summed E-state index contributed by atoms with van der Waals surface area (Å²) in [6.07, 6.45) is 14.0. The molecular formula is C32H54N4SSi. The molecule has 1 saturated carbocycles. The third-order valence-electron chi connectivity index (χ3n) is 9.42. The molecule has 4 rings (SSSR count). The molecule has 2 aliphatic heterocycles. The smallest absolute Gasteiger partial charge is 0.171 e. The summed E-state index contributed by atoms with van der Waals surface area (Å²) in [5, 5.41) is 5.07. The maximum Gasteiger partial charge on any atom is 0.171 e. The lowest BCUT2D eigenvalue weighted by Crippen LogP contribution is -2.40. The largest absolute Gasteiger partial charge is 0.372 e. The number of amidine groups is 1. The van der Waals surface area contributed by atoms with Gasteiger partial charge in [0.15, 0.2) is 5.11 Å². The molecule has 1 aromatic rings. The summed E-state index contributed by atoms with van der Waals surface area (Å²) in [5.74, 6) is 3.74. The first-order valence-electron chi connectivity index (χ1n) is 15.8. The second-order valence-corrected chi connectivity index (χ2v) is 15.5. The van der Waals surface area contributed by atoms with Crippen LogP contribution in [0.4, 0.5) is 0 Å². The molecule has 3 aliphatic rings. The molecule has 0 amide bonds. The van der Waals surface area contributed by atoms with E-state index in [1.165, 1.54) is 75.7 Å². The summed E-state index contributed by atoms with van der Waals surface area (Å²) in [7, 11) is -0.225. The van der Waals surface area contributed by atoms with Crippen LogP contribution in [0, 0.1) is 17.8 Å². The Bertz CT molecular complexity index is 898. The third-order valence-corrected chi connectivity index (χ3v) is 12.0. The van der Waals surface area contributed by atoms with Gasteiger partial charge in [0.2, 0.25) is 0 Å². The molecule has 38 heavy (non-hydrogen) atoms. The van der Waals surface area contributed by atoms with Gasteiger partial charge in [-0.1, -0.05) is 70.5 Å². The standard InChI is InChI=1S/C32H54N4SSi/c1-25(2)21-29-23-35(31(37)36(29)22-28-17-15-26(3)16-18-28)20-9-8-19-32(38-4)24-33-30(34-32)14-10-13-27-11-6-5-7-12-27/h5-7,11-12,25-26,28-29H,8-10,13-24,38H2,1-4H3,(H,33,34)/t26?,28?,29-,32-/m1/s1. The van der Waals surface area contributed by atoms with Gasteiger partial charge in [0.05, 0.1) is 20.5 Å². The van der Waals surface area contributed by atoms with Crippen LogP contribution in [0.15, 0.2) is 35.3 Å². The summed E-state index contributed by atoms with van der Waals surface area (Å²) in [4.78, 5) is 10.5. The lowest BCUT2D eigenvalue weighted by molar-refractivity contribution is 0.210. The SMILES string of the molecule is C[SiH2][C@]1(CCCCN2C[C@@H](CC(C)C)N(CC3CCC(C)CC3)C2=S)CNC(CCCc2ccccc2)=N1. The van der Waals surface area contributed by atoms with Crippen molar-refractivity contribution in [2.75, 3.05) is 26.2 Å². The van der Waals surface area contributed by atoms with Crippen LogP contribution in [0.3, 0.4) is 0 Å². The normalized spacial score (nSPS) is 28.1. The van der Waals surface area contributed by atoms with Crippen LogP contribution in [0.25, 0.3) is 0 Å². The summed E-state index contributed by atoms with van der Waals surface area (Å²) in [6.45, 7) is 14.1. The van der Waals surface area contributed by atoms with E-state index < -0.39 is 0 Å². The quantitative estimate of drug-likeness (QED) is 0.168. The maximum absolute atomic E-state index is 6.10. The number of unbranched alkanes of at least 4 members (excludes halogenated alkanes) is 1. The van der Waals surface area contributed by atoms with Crippen LogP contribution >= 0.6 is 12.2 Å². The van der Waals surface area contributed by atoms with E-state index in [9.17, 15) is 0 Å². The Balaban J connectivity index is 1.22. The van der Waals surface area contributed by atoms with Gasteiger partial charge >= 0.3 is 0 Å². The number of aryl methyl sites for hydroxylation is 1. The lowest BCUT2D eigenvalue weighted by Gasteiger charge is -2.33. The molecule has 212 valence electrons. The second kappa shape index (κ2) is 14.3. The average Bonchev–Trinajstić information content (AvgIpc) is 3.45. The van der Waals surface area contributed by atoms with E-state index in [0.717, 1.165) is 55.3 Å². The van der Waals surface area contributed by atoms with Crippen molar-refractivity contribution in [3.8, 4) is 0 Å². The fourth-order valence-corrected chi connectivity index (χ4v) is 8.60. The Morgan fingerprint density at radius 2 is 1.84 bits per heavy atom. The van der Waals surface area contributed by atoms with E-state index in [2.05, 4.69) is 72.8 Å². The van der Waals surface area contributed by atoms with E-state index in [1.54, 1.807) is 0 Å². The number of benzene rings is 1. The van der Waals surface area contributed by atoms with Crippen molar-refractivity contribution in [2.24, 2.45) is 22.7 Å². The Hall–Kier alpha value is -1.40. The zero-order chi connectivity index (χ0) is 27.0. The van der Waals surface area contributed by atoms with Crippen molar-refractivity contribution in [1.29, 1.82) is 0 Å². The molecule has 2 heterocycles. The molecular weight excluding hydrogens is 501 g/mol. The molecule has 1 aliphatic carbocycles. The predicted molar refractivity (Wildman–Crippen MR) is 171 cm³/mol. The summed E-state index contributed by atoms with van der Waals surface area (Å²) < 4.78 is 0. The molecule has 0 radical (unpaired) electrons. The van der Waals surface area contributed by atoms with E-state index in [0.29, 0.717) is 6.04 Å². The van der Waals surface area contributed by atoms with Crippen molar-refractivity contribution < 1.29 is 0 Å². The van der Waals surface area contributed by atoms with Gasteiger partial charge in [0.25, 0.3) is 0 Å². The van der Waals surface area contributed by atoms with Crippen LogP contribution < -0.4 is 5.32 Å². The number of aliphatic imine (C=N–C) groups is 1. The van der Waals surface area contributed by atoms with E-state index in [4.69, 9.17) is 17.2 Å². The summed E-state index contributed by atoms with van der Waals surface area (Å²) >= 11 is 6.10. The molecule has 0 unspecified atom stereocenters. The van der Waals surface area contributed by atoms with Crippen molar-refractivity contribution in [2.45, 2.75) is 109 Å². The van der Waals surface area contributed by atoms with Crippen LogP contribution in [0.2, 0.25) is 6.55 Å². The molecule has 0 spiro atoms. The highest BCUT2D eigenvalue weighted by atomic mass is 32.1. The first kappa shape index (κ1) is 29.6. The van der Waals surface area contributed by atoms with Crippen molar-refractivity contribution >= 4 is 32.7 Å². The Morgan fingerprint density at radius 3 is 2.55 bits per heavy atom. The van der Waals surface area contributed by atoms with Gasteiger partial charge in [-0.25, -0.2) is 0 Å². The minimum absolute atomic E-state index is 0.225. The molecule has 2 fully saturated rings. The molecule has 0 aromatic heterocycles. The van der Waals surface area contributed by atoms with Gasteiger partial charge in [0.1, 0.15) is 0 Å². The Labute approximate surface area is 241 Å². The number of nitrogens with zero attached hydrogens (tertiary/aromatic N) is 3. The minimum atomic E-state index is -0.225. The first-order valence-corrected chi connectivity index (χ1v) is 18.3. The van der Waals surface area contributed by atoms with Gasteiger partial charge in [-0.3, -0.25) is 4.99 Å². The number of thiocarbonyl (C=S) groups is 1. The van der Waals surface area contributed by atoms with Gasteiger partial charge in [-0.15, -0.1) is 0 Å². The van der Waals surface area contributed by atoms with E-state index in [1.807, 2.05) is 0 Å². The highest BCUT2D eigenvalue weighted by Crippen LogP contribution is 2.32. The number of hydrogen-bond donors (Lipinski definition) is 1. The van der Waals surface area contributed by atoms with Gasteiger partial charge in [0, 0.05) is 38.6 Å². The Kier molecular flexibility index (Phi) is 11.1. The third kappa shape index (κ3) is 8.30. The monoisotopic (exact) mass is 554 g/mol. The van der Waals surface area contributed by atoms with Gasteiger partial charge < -0.3 is 15.1 Å². The highest BCUT2D eigenvalue weighted by Gasteiger charge is 2.36. The van der Waals surface area contributed by atoms with Crippen LogP contribution in [-0.2, 0) is 6.42 Å². The van der Waals surface area contributed by atoms with Crippen LogP contribution in [-0.4, -0.2) is 67.7 Å². The molecule has 4 nitrogen and oxygen atoms in total. The molecule has 6 heteroatoms. The first-order chi connectivity index (χ1) is 18.4. The fraction of sp³-hybridized carbons (Fsp3) is 0.750. The van der Waals surface area contributed by atoms with Gasteiger partial charge in [-0.2, -0.15) is 0 Å². The van der Waals surface area contributed by atoms with E-state index >= 15 is 0 Å². The number of nitrogens with one attached hydrogen (secondary N) is 1. The second-order valence-electron chi connectivity index (χ2n) is 13.1. The molecule has 2 atom stereocenters. The Morgan fingerprint density at radius 1 is 1.08 bits per heavy atom. The molecule has 1 N–H and O–H groups in total. The number of rotatable bonds is 14. The fourth-order valence-electron chi connectivity index (χ4n) is 6.88.